The van der Waals surface area contributed by atoms with Crippen LogP contribution < -0.4 is 11.5 Å². The van der Waals surface area contributed by atoms with E-state index in [1.165, 1.54) is 0 Å². The Morgan fingerprint density at radius 3 is 2.82 bits per heavy atom. The summed E-state index contributed by atoms with van der Waals surface area (Å²) in [6.07, 6.45) is 7.31. The molecule has 2 rings (SSSR count). The summed E-state index contributed by atoms with van der Waals surface area (Å²) < 4.78 is 0. The summed E-state index contributed by atoms with van der Waals surface area (Å²) >= 11 is 0. The molecule has 1 heterocycles. The Bertz CT molecular complexity index is 608. The molecule has 1 unspecified atom stereocenters. The Labute approximate surface area is 99.0 Å². The molecule has 1 aromatic carbocycles. The van der Waals surface area contributed by atoms with E-state index in [0.29, 0.717) is 0 Å². The highest BCUT2D eigenvalue weighted by molar-refractivity contribution is 5.90. The molecule has 1 atom stereocenters. The van der Waals surface area contributed by atoms with Crippen molar-refractivity contribution in [3.05, 3.63) is 36.0 Å². The molecule has 5 N–H and O–H groups in total. The molecule has 2 aromatic rings. The third kappa shape index (κ3) is 1.88. The first-order valence-electron chi connectivity index (χ1n) is 5.18. The number of primary amides is 1. The number of aromatic amines is 1. The number of carbonyl (C=O) groups is 1. The largest absolute Gasteiger partial charge is 0.367 e. The van der Waals surface area contributed by atoms with Gasteiger partial charge in [0.1, 0.15) is 0 Å². The van der Waals surface area contributed by atoms with Gasteiger partial charge < -0.3 is 16.5 Å². The van der Waals surface area contributed by atoms with Gasteiger partial charge in [0.2, 0.25) is 5.91 Å². The molecular formula is C13H13N3O. The van der Waals surface area contributed by atoms with Crippen LogP contribution >= 0.6 is 0 Å². The molecular weight excluding hydrogens is 214 g/mol. The van der Waals surface area contributed by atoms with E-state index in [2.05, 4.69) is 10.9 Å². The summed E-state index contributed by atoms with van der Waals surface area (Å²) in [7, 11) is 0. The third-order valence-corrected chi connectivity index (χ3v) is 2.84. The lowest BCUT2D eigenvalue weighted by atomic mass is 9.92. The fourth-order valence-corrected chi connectivity index (χ4v) is 1.79. The van der Waals surface area contributed by atoms with Crippen LogP contribution in [0.4, 0.5) is 0 Å². The van der Waals surface area contributed by atoms with Crippen molar-refractivity contribution in [2.24, 2.45) is 11.5 Å². The number of carbonyl (C=O) groups excluding carboxylic acids is 1. The van der Waals surface area contributed by atoms with Crippen molar-refractivity contribution in [3.8, 4) is 12.3 Å². The first-order valence-corrected chi connectivity index (χ1v) is 5.18. The van der Waals surface area contributed by atoms with Gasteiger partial charge in [-0.15, -0.1) is 6.42 Å². The fourth-order valence-electron chi connectivity index (χ4n) is 1.79. The van der Waals surface area contributed by atoms with E-state index < -0.39 is 11.4 Å². The quantitative estimate of drug-likeness (QED) is 0.668. The zero-order valence-electron chi connectivity index (χ0n) is 9.23. The van der Waals surface area contributed by atoms with Crippen LogP contribution in [0.25, 0.3) is 10.9 Å². The van der Waals surface area contributed by atoms with Gasteiger partial charge in [0.25, 0.3) is 0 Å². The van der Waals surface area contributed by atoms with Crippen LogP contribution in [0.5, 0.6) is 0 Å². The average Bonchev–Trinajstić information content (AvgIpc) is 2.72. The lowest BCUT2D eigenvalue weighted by molar-refractivity contribution is -0.121. The maximum atomic E-state index is 11.3. The Morgan fingerprint density at radius 1 is 1.47 bits per heavy atom. The standard InChI is InChI=1S/C13H13N3O/c1-2-13(15,12(14)17)7-9-8-16-11-6-4-3-5-10(9)11/h1,3-6,8,16H,7,15H2,(H2,14,17). The highest BCUT2D eigenvalue weighted by atomic mass is 16.1. The second-order valence-corrected chi connectivity index (χ2v) is 4.02. The van der Waals surface area contributed by atoms with Gasteiger partial charge in [-0.1, -0.05) is 24.1 Å². The molecule has 1 amide bonds. The number of rotatable bonds is 3. The SMILES string of the molecule is C#CC(N)(Cc1c[nH]c2ccccc12)C(N)=O. The zero-order chi connectivity index (χ0) is 12.5. The predicted octanol–water partition coefficient (Wildman–Crippen LogP) is 0.526. The van der Waals surface area contributed by atoms with Crippen LogP contribution in [0.15, 0.2) is 30.5 Å². The monoisotopic (exact) mass is 227 g/mol. The number of fused-ring (bicyclic) bond motifs is 1. The molecule has 1 aromatic heterocycles. The van der Waals surface area contributed by atoms with Gasteiger partial charge in [0, 0.05) is 23.5 Å². The number of amides is 1. The number of para-hydroxylation sites is 1. The molecule has 0 spiro atoms. The van der Waals surface area contributed by atoms with Crippen molar-refractivity contribution in [2.45, 2.75) is 12.0 Å². The Kier molecular flexibility index (Phi) is 2.62. The molecule has 0 bridgehead atoms. The lowest BCUT2D eigenvalue weighted by Gasteiger charge is -2.18. The number of aromatic nitrogens is 1. The second-order valence-electron chi connectivity index (χ2n) is 4.02. The minimum atomic E-state index is -1.44. The van der Waals surface area contributed by atoms with E-state index >= 15 is 0 Å². The first kappa shape index (κ1) is 11.2. The molecule has 0 aliphatic carbocycles. The van der Waals surface area contributed by atoms with Crippen molar-refractivity contribution in [2.75, 3.05) is 0 Å². The summed E-state index contributed by atoms with van der Waals surface area (Å²) in [6, 6.07) is 7.72. The Balaban J connectivity index is 2.43. The first-order chi connectivity index (χ1) is 8.07. The number of terminal acetylenes is 1. The second kappa shape index (κ2) is 3.96. The van der Waals surface area contributed by atoms with E-state index in [1.807, 2.05) is 24.3 Å². The molecule has 0 radical (unpaired) electrons. The minimum Gasteiger partial charge on any atom is -0.367 e. The molecule has 0 aliphatic rings. The van der Waals surface area contributed by atoms with Gasteiger partial charge >= 0.3 is 0 Å². The molecule has 17 heavy (non-hydrogen) atoms. The highest BCUT2D eigenvalue weighted by Crippen LogP contribution is 2.21. The number of nitrogens with one attached hydrogen (secondary N) is 1. The van der Waals surface area contributed by atoms with Crippen LogP contribution in [0.1, 0.15) is 5.56 Å². The number of hydrogen-bond acceptors (Lipinski definition) is 2. The van der Waals surface area contributed by atoms with E-state index in [-0.39, 0.29) is 6.42 Å². The summed E-state index contributed by atoms with van der Waals surface area (Å²) in [4.78, 5) is 14.4. The van der Waals surface area contributed by atoms with E-state index in [9.17, 15) is 4.79 Å². The minimum absolute atomic E-state index is 0.225. The average molecular weight is 227 g/mol. The van der Waals surface area contributed by atoms with Crippen LogP contribution in [-0.4, -0.2) is 16.4 Å². The molecule has 0 saturated heterocycles. The fraction of sp³-hybridized carbons (Fsp3) is 0.154. The predicted molar refractivity (Wildman–Crippen MR) is 66.9 cm³/mol. The topological polar surface area (TPSA) is 84.9 Å². The third-order valence-electron chi connectivity index (χ3n) is 2.84. The van der Waals surface area contributed by atoms with E-state index in [0.717, 1.165) is 16.5 Å². The van der Waals surface area contributed by atoms with Crippen molar-refractivity contribution in [1.29, 1.82) is 0 Å². The van der Waals surface area contributed by atoms with Crippen LogP contribution in [0.3, 0.4) is 0 Å². The van der Waals surface area contributed by atoms with Gasteiger partial charge in [0.05, 0.1) is 0 Å². The number of H-pyrrole nitrogens is 1. The maximum Gasteiger partial charge on any atom is 0.250 e. The van der Waals surface area contributed by atoms with Gasteiger partial charge in [-0.05, 0) is 11.6 Å². The van der Waals surface area contributed by atoms with Crippen molar-refractivity contribution in [3.63, 3.8) is 0 Å². The van der Waals surface area contributed by atoms with Gasteiger partial charge in [-0.3, -0.25) is 4.79 Å². The molecule has 4 heteroatoms. The van der Waals surface area contributed by atoms with Crippen molar-refractivity contribution < 1.29 is 4.79 Å². The number of benzene rings is 1. The molecule has 86 valence electrons. The molecule has 0 fully saturated rings. The van der Waals surface area contributed by atoms with Crippen LogP contribution in [0.2, 0.25) is 0 Å². The summed E-state index contributed by atoms with van der Waals surface area (Å²) in [5.41, 5.74) is 11.5. The summed E-state index contributed by atoms with van der Waals surface area (Å²) in [5, 5.41) is 0.999. The van der Waals surface area contributed by atoms with Crippen LogP contribution in [0, 0.1) is 12.3 Å². The number of nitrogens with two attached hydrogens (primary N) is 2. The van der Waals surface area contributed by atoms with Crippen LogP contribution in [-0.2, 0) is 11.2 Å². The lowest BCUT2D eigenvalue weighted by Crippen LogP contribution is -2.52. The molecule has 4 nitrogen and oxygen atoms in total. The van der Waals surface area contributed by atoms with E-state index in [4.69, 9.17) is 17.9 Å². The van der Waals surface area contributed by atoms with E-state index in [1.54, 1.807) is 6.20 Å². The molecule has 0 saturated carbocycles. The van der Waals surface area contributed by atoms with Gasteiger partial charge in [-0.25, -0.2) is 0 Å². The highest BCUT2D eigenvalue weighted by Gasteiger charge is 2.30. The molecule has 0 aliphatic heterocycles. The normalized spacial score (nSPS) is 14.1. The summed E-state index contributed by atoms with van der Waals surface area (Å²) in [5.74, 6) is 1.58. The van der Waals surface area contributed by atoms with Gasteiger partial charge in [0.15, 0.2) is 5.54 Å². The number of hydrogen-bond donors (Lipinski definition) is 3. The zero-order valence-corrected chi connectivity index (χ0v) is 9.23. The Hall–Kier alpha value is -2.25. The Morgan fingerprint density at radius 2 is 2.18 bits per heavy atom. The van der Waals surface area contributed by atoms with Gasteiger partial charge in [-0.2, -0.15) is 0 Å². The summed E-state index contributed by atoms with van der Waals surface area (Å²) in [6.45, 7) is 0. The maximum absolute atomic E-state index is 11.3. The van der Waals surface area contributed by atoms with Crippen molar-refractivity contribution >= 4 is 16.8 Å². The smallest absolute Gasteiger partial charge is 0.250 e. The van der Waals surface area contributed by atoms with Crippen molar-refractivity contribution in [1.82, 2.24) is 4.98 Å².